The molecule has 1 aliphatic heterocycles. The van der Waals surface area contributed by atoms with Gasteiger partial charge in [-0.2, -0.15) is 27.5 Å². The molecule has 3 heterocycles. The van der Waals surface area contributed by atoms with Gasteiger partial charge in [0.15, 0.2) is 17.3 Å². The van der Waals surface area contributed by atoms with Crippen molar-refractivity contribution in [1.29, 1.82) is 0 Å². The summed E-state index contributed by atoms with van der Waals surface area (Å²) in [4.78, 5) is 37.3. The number of aromatic nitrogens is 5. The zero-order valence-corrected chi connectivity index (χ0v) is 32.7. The van der Waals surface area contributed by atoms with E-state index < -0.39 is 86.8 Å². The molecule has 3 atom stereocenters. The predicted octanol–water partition coefficient (Wildman–Crippen LogP) is 6.40. The Labute approximate surface area is 327 Å². The van der Waals surface area contributed by atoms with E-state index in [1.165, 1.54) is 37.5 Å². The van der Waals surface area contributed by atoms with Crippen molar-refractivity contribution in [2.75, 3.05) is 12.9 Å². The highest BCUT2D eigenvalue weighted by Crippen LogP contribution is 2.56. The SMILES string of the molecule is CC(C)(C)C[C@]1(C2(C)CC=C(c3cnn(S(C)(=O)=O)c3)C=C2F)N=C(N)N([C@H](COC(=O)NC2(C(F)(F)F)CC2)c2ccc(Cl)c(-n3ncnc3C(F)F)c2)C1=O. The molecule has 0 spiro atoms. The van der Waals surface area contributed by atoms with Gasteiger partial charge in [-0.25, -0.2) is 41.0 Å². The fraction of sp³-hybridized carbons (Fsp3) is 0.486. The molecule has 57 heavy (non-hydrogen) atoms. The molecule has 1 saturated carbocycles. The van der Waals surface area contributed by atoms with Gasteiger partial charge < -0.3 is 15.8 Å². The number of aliphatic imine (C=N–C) groups is 1. The van der Waals surface area contributed by atoms with E-state index >= 15 is 9.18 Å². The second-order valence-corrected chi connectivity index (χ2v) is 17.9. The molecule has 22 heteroatoms. The lowest BCUT2D eigenvalue weighted by Crippen LogP contribution is -2.56. The van der Waals surface area contributed by atoms with Crippen LogP contribution in [0.25, 0.3) is 11.3 Å². The second-order valence-electron chi connectivity index (χ2n) is 15.7. The molecule has 0 saturated heterocycles. The highest BCUT2D eigenvalue weighted by atomic mass is 35.5. The van der Waals surface area contributed by atoms with Crippen LogP contribution < -0.4 is 11.1 Å². The lowest BCUT2D eigenvalue weighted by molar-refractivity contribution is -0.164. The number of alkyl halides is 5. The van der Waals surface area contributed by atoms with Crippen molar-refractivity contribution < 1.29 is 49.1 Å². The normalized spacial score (nSPS) is 22.9. The Bertz CT molecular complexity index is 2320. The number of guanidine groups is 1. The van der Waals surface area contributed by atoms with Crippen molar-refractivity contribution in [2.24, 2.45) is 21.6 Å². The van der Waals surface area contributed by atoms with Gasteiger partial charge in [0.2, 0.25) is 0 Å². The average molecular weight is 846 g/mol. The topological polar surface area (TPSA) is 180 Å². The number of rotatable bonds is 11. The number of allylic oxidation sites excluding steroid dienone is 3. The summed E-state index contributed by atoms with van der Waals surface area (Å²) < 4.78 is 117. The Balaban J connectivity index is 1.42. The number of hydrogen-bond donors (Lipinski definition) is 2. The quantitative estimate of drug-likeness (QED) is 0.207. The van der Waals surface area contributed by atoms with Crippen molar-refractivity contribution in [3.05, 3.63) is 76.9 Å². The Hall–Kier alpha value is -4.92. The molecule has 2 aromatic heterocycles. The summed E-state index contributed by atoms with van der Waals surface area (Å²) in [5.41, 5.74) is 0.0567. The van der Waals surface area contributed by atoms with Crippen LogP contribution in [0.3, 0.4) is 0 Å². The Kier molecular flexibility index (Phi) is 10.4. The number of carbonyl (C=O) groups excluding carboxylic acids is 2. The molecule has 1 unspecified atom stereocenters. The molecule has 0 bridgehead atoms. The molecule has 1 aromatic carbocycles. The zero-order chi connectivity index (χ0) is 42.1. The van der Waals surface area contributed by atoms with Gasteiger partial charge in [-0.3, -0.25) is 9.69 Å². The molecule has 2 aliphatic carbocycles. The van der Waals surface area contributed by atoms with Crippen LogP contribution in [0, 0.1) is 10.8 Å². The van der Waals surface area contributed by atoms with Crippen molar-refractivity contribution in [3.8, 4) is 5.69 Å². The van der Waals surface area contributed by atoms with Gasteiger partial charge in [0.25, 0.3) is 22.4 Å². The number of amides is 2. The number of carbonyl (C=O) groups is 2. The van der Waals surface area contributed by atoms with Crippen molar-refractivity contribution in [3.63, 3.8) is 0 Å². The first kappa shape index (κ1) is 41.7. The van der Waals surface area contributed by atoms with Crippen LogP contribution in [0.2, 0.25) is 5.02 Å². The molecule has 2 amide bonds. The van der Waals surface area contributed by atoms with E-state index in [1.807, 2.05) is 5.32 Å². The van der Waals surface area contributed by atoms with Crippen molar-refractivity contribution >= 4 is 45.2 Å². The number of halogens is 7. The third kappa shape index (κ3) is 7.62. The number of nitrogens with zero attached hydrogens (tertiary/aromatic N) is 7. The summed E-state index contributed by atoms with van der Waals surface area (Å²) in [6, 6.07) is 2.38. The minimum atomic E-state index is -4.78. The fourth-order valence-corrected chi connectivity index (χ4v) is 7.82. The molecular weight excluding hydrogens is 808 g/mol. The van der Waals surface area contributed by atoms with E-state index in [9.17, 15) is 35.2 Å². The van der Waals surface area contributed by atoms with Gasteiger partial charge in [-0.15, -0.1) is 0 Å². The van der Waals surface area contributed by atoms with Crippen LogP contribution in [-0.4, -0.2) is 85.3 Å². The van der Waals surface area contributed by atoms with E-state index in [0.29, 0.717) is 0 Å². The standard InChI is InChI=1S/C35H38ClF6N9O5S/c1-31(2,3)17-34(32(4)9-8-19(13-25(32)37)21-14-45-49(15-21)57(5,54)55)28(52)50(29(43)47-34)24(16-56-30(53)48-33(10-11-33)35(40,41)42)20-6-7-22(36)23(12-20)51-27(26(38)39)44-18-46-51/h6-8,12-15,18,24,26H,9-11,16-17H2,1-5H3,(H2,43,47)(H,48,53)/t24-,32?,34+/m1/s1. The van der Waals surface area contributed by atoms with Gasteiger partial charge in [0, 0.05) is 5.56 Å². The zero-order valence-electron chi connectivity index (χ0n) is 31.1. The van der Waals surface area contributed by atoms with Crippen LogP contribution in [0.15, 0.2) is 59.9 Å². The first-order chi connectivity index (χ1) is 26.3. The highest BCUT2D eigenvalue weighted by molar-refractivity contribution is 7.89. The number of ether oxygens (including phenoxy) is 1. The maximum Gasteiger partial charge on any atom is 0.411 e. The van der Waals surface area contributed by atoms with Gasteiger partial charge in [-0.1, -0.05) is 51.4 Å². The lowest BCUT2D eigenvalue weighted by atomic mass is 9.60. The second kappa shape index (κ2) is 14.2. The average Bonchev–Trinajstić information content (AvgIpc) is 3.40. The van der Waals surface area contributed by atoms with Crippen molar-refractivity contribution in [1.82, 2.24) is 34.2 Å². The summed E-state index contributed by atoms with van der Waals surface area (Å²) in [5.74, 6) is -2.92. The minimum Gasteiger partial charge on any atom is -0.447 e. The molecule has 3 aliphatic rings. The van der Waals surface area contributed by atoms with E-state index in [-0.39, 0.29) is 53.1 Å². The summed E-state index contributed by atoms with van der Waals surface area (Å²) in [6.07, 6.45) is -3.35. The first-order valence-electron chi connectivity index (χ1n) is 17.3. The molecule has 308 valence electrons. The van der Waals surface area contributed by atoms with Gasteiger partial charge in [0.1, 0.15) is 24.3 Å². The van der Waals surface area contributed by atoms with E-state index in [1.54, 1.807) is 26.8 Å². The third-order valence-electron chi connectivity index (χ3n) is 10.3. The molecule has 1 fully saturated rings. The largest absolute Gasteiger partial charge is 0.447 e. The monoisotopic (exact) mass is 845 g/mol. The molecular formula is C35H38ClF6N9O5S. The van der Waals surface area contributed by atoms with Crippen LogP contribution >= 0.6 is 11.6 Å². The van der Waals surface area contributed by atoms with Gasteiger partial charge >= 0.3 is 12.3 Å². The molecule has 3 aromatic rings. The maximum atomic E-state index is 16.8. The van der Waals surface area contributed by atoms with Crippen LogP contribution in [-0.2, 0) is 19.6 Å². The van der Waals surface area contributed by atoms with Gasteiger partial charge in [0.05, 0.1) is 40.8 Å². The lowest BCUT2D eigenvalue weighted by Gasteiger charge is -2.46. The van der Waals surface area contributed by atoms with E-state index in [4.69, 9.17) is 22.1 Å². The Morgan fingerprint density at radius 3 is 2.40 bits per heavy atom. The molecule has 6 rings (SSSR count). The van der Waals surface area contributed by atoms with E-state index in [0.717, 1.165) is 32.3 Å². The highest BCUT2D eigenvalue weighted by Gasteiger charge is 2.65. The van der Waals surface area contributed by atoms with Crippen LogP contribution in [0.5, 0.6) is 0 Å². The third-order valence-corrected chi connectivity index (χ3v) is 11.5. The number of nitrogens with two attached hydrogens (primary N) is 1. The molecule has 3 N–H and O–H groups in total. The molecule has 0 radical (unpaired) electrons. The van der Waals surface area contributed by atoms with E-state index in [2.05, 4.69) is 20.2 Å². The summed E-state index contributed by atoms with van der Waals surface area (Å²) in [7, 11) is -3.75. The summed E-state index contributed by atoms with van der Waals surface area (Å²) >= 11 is 6.42. The number of nitrogens with one attached hydrogen (secondary N) is 1. The van der Waals surface area contributed by atoms with Crippen LogP contribution in [0.4, 0.5) is 31.1 Å². The fourth-order valence-electron chi connectivity index (χ4n) is 7.10. The van der Waals surface area contributed by atoms with Gasteiger partial charge in [-0.05, 0) is 60.4 Å². The minimum absolute atomic E-state index is 0.0443. The summed E-state index contributed by atoms with van der Waals surface area (Å²) in [5, 5.41) is 9.44. The molecule has 14 nitrogen and oxygen atoms in total. The Morgan fingerprint density at radius 2 is 1.84 bits per heavy atom. The smallest absolute Gasteiger partial charge is 0.411 e. The number of hydrogen-bond acceptors (Lipinski definition) is 10. The van der Waals surface area contributed by atoms with Crippen molar-refractivity contribution in [2.45, 2.75) is 83.1 Å². The maximum absolute atomic E-state index is 16.8. The van der Waals surface area contributed by atoms with Crippen LogP contribution in [0.1, 0.15) is 82.8 Å². The number of benzene rings is 1. The Morgan fingerprint density at radius 1 is 1.16 bits per heavy atom. The first-order valence-corrected chi connectivity index (χ1v) is 19.6. The predicted molar refractivity (Wildman–Crippen MR) is 194 cm³/mol. The number of alkyl carbamates (subject to hydrolysis) is 1. The summed E-state index contributed by atoms with van der Waals surface area (Å²) in [6.45, 7) is 5.99.